The topological polar surface area (TPSA) is 58.2 Å². The minimum absolute atomic E-state index is 0.122. The fourth-order valence-corrected chi connectivity index (χ4v) is 5.55. The fraction of sp³-hybridized carbons (Fsp3) is 0.556. The Balaban J connectivity index is 1.41. The molecule has 122 valence electrons. The van der Waals surface area contributed by atoms with E-state index in [1.54, 1.807) is 12.1 Å². The summed E-state index contributed by atoms with van der Waals surface area (Å²) in [5.74, 6) is 1.18. The van der Waals surface area contributed by atoms with Crippen molar-refractivity contribution in [3.63, 3.8) is 0 Å². The van der Waals surface area contributed by atoms with E-state index in [1.807, 2.05) is 12.1 Å². The van der Waals surface area contributed by atoms with Crippen molar-refractivity contribution >= 4 is 33.4 Å². The average Bonchev–Trinajstić information content (AvgIpc) is 2.47. The van der Waals surface area contributed by atoms with Crippen LogP contribution in [0.2, 0.25) is 0 Å². The Bertz CT molecular complexity index is 606. The van der Waals surface area contributed by atoms with Crippen molar-refractivity contribution in [1.29, 1.82) is 0 Å². The van der Waals surface area contributed by atoms with Crippen LogP contribution in [-0.4, -0.2) is 17.4 Å². The molecule has 5 heteroatoms. The smallest absolute Gasteiger partial charge is 0.313 e. The number of anilines is 1. The first-order valence-corrected chi connectivity index (χ1v) is 9.20. The lowest BCUT2D eigenvalue weighted by molar-refractivity contribution is -0.139. The van der Waals surface area contributed by atoms with Crippen LogP contribution in [0.1, 0.15) is 38.5 Å². The standard InChI is InChI=1S/C18H21BrN2O2/c19-14-1-3-15(4-2-14)20-16(22)17(23)21-18-8-11-5-12(9-18)7-13(6-11)10-18/h1-4,11-13H,5-10H2,(H,20,22)(H,21,23). The predicted molar refractivity (Wildman–Crippen MR) is 91.8 cm³/mol. The van der Waals surface area contributed by atoms with Crippen LogP contribution in [0, 0.1) is 17.8 Å². The maximum atomic E-state index is 12.4. The molecule has 0 aliphatic heterocycles. The zero-order chi connectivity index (χ0) is 16.0. The molecule has 4 nitrogen and oxygen atoms in total. The Morgan fingerprint density at radius 3 is 1.96 bits per heavy atom. The SMILES string of the molecule is O=C(Nc1ccc(Br)cc1)C(=O)NC12CC3CC(CC(C3)C1)C2. The van der Waals surface area contributed by atoms with Crippen LogP contribution in [0.4, 0.5) is 5.69 Å². The first-order valence-electron chi connectivity index (χ1n) is 8.40. The van der Waals surface area contributed by atoms with Crippen molar-refractivity contribution < 1.29 is 9.59 Å². The number of amides is 2. The molecule has 0 radical (unpaired) electrons. The summed E-state index contributed by atoms with van der Waals surface area (Å²) in [7, 11) is 0. The third-order valence-electron chi connectivity index (χ3n) is 5.73. The summed E-state index contributed by atoms with van der Waals surface area (Å²) in [5, 5.41) is 5.78. The highest BCUT2D eigenvalue weighted by Gasteiger charge is 2.51. The number of carbonyl (C=O) groups excluding carboxylic acids is 2. The van der Waals surface area contributed by atoms with Gasteiger partial charge in [-0.15, -0.1) is 0 Å². The molecule has 5 rings (SSSR count). The van der Waals surface area contributed by atoms with E-state index in [2.05, 4.69) is 26.6 Å². The van der Waals surface area contributed by atoms with Crippen LogP contribution >= 0.6 is 15.9 Å². The number of hydrogen-bond acceptors (Lipinski definition) is 2. The highest BCUT2D eigenvalue weighted by atomic mass is 79.9. The molecule has 4 bridgehead atoms. The van der Waals surface area contributed by atoms with Gasteiger partial charge in [-0.3, -0.25) is 9.59 Å². The maximum Gasteiger partial charge on any atom is 0.313 e. The Labute approximate surface area is 144 Å². The summed E-state index contributed by atoms with van der Waals surface area (Å²) >= 11 is 3.35. The molecule has 0 spiro atoms. The lowest BCUT2D eigenvalue weighted by atomic mass is 9.53. The lowest BCUT2D eigenvalue weighted by Gasteiger charge is -2.56. The Morgan fingerprint density at radius 1 is 0.913 bits per heavy atom. The normalized spacial score (nSPS) is 34.2. The van der Waals surface area contributed by atoms with Crippen LogP contribution < -0.4 is 10.6 Å². The summed E-state index contributed by atoms with van der Waals surface area (Å²) in [5.41, 5.74) is 0.516. The molecule has 4 aliphatic carbocycles. The van der Waals surface area contributed by atoms with Gasteiger partial charge < -0.3 is 10.6 Å². The first-order chi connectivity index (χ1) is 11.0. The molecule has 0 unspecified atom stereocenters. The largest absolute Gasteiger partial charge is 0.342 e. The molecule has 2 N–H and O–H groups in total. The van der Waals surface area contributed by atoms with Gasteiger partial charge in [0.05, 0.1) is 0 Å². The molecule has 0 atom stereocenters. The van der Waals surface area contributed by atoms with Gasteiger partial charge in [-0.05, 0) is 80.5 Å². The highest BCUT2D eigenvalue weighted by Crippen LogP contribution is 2.55. The Morgan fingerprint density at radius 2 is 1.43 bits per heavy atom. The van der Waals surface area contributed by atoms with Gasteiger partial charge in [-0.2, -0.15) is 0 Å². The molecule has 0 saturated heterocycles. The molecule has 0 aromatic heterocycles. The Hall–Kier alpha value is -1.36. The number of halogens is 1. The molecular formula is C18H21BrN2O2. The van der Waals surface area contributed by atoms with E-state index in [9.17, 15) is 9.59 Å². The first kappa shape index (κ1) is 15.2. The van der Waals surface area contributed by atoms with Gasteiger partial charge in [0.15, 0.2) is 0 Å². The average molecular weight is 377 g/mol. The second kappa shape index (κ2) is 5.62. The van der Waals surface area contributed by atoms with Gasteiger partial charge in [-0.1, -0.05) is 15.9 Å². The lowest BCUT2D eigenvalue weighted by Crippen LogP contribution is -2.61. The fourth-order valence-electron chi connectivity index (χ4n) is 5.28. The second-order valence-electron chi connectivity index (χ2n) is 7.61. The van der Waals surface area contributed by atoms with E-state index in [-0.39, 0.29) is 5.54 Å². The minimum atomic E-state index is -0.567. The van der Waals surface area contributed by atoms with Crippen molar-refractivity contribution in [2.45, 2.75) is 44.1 Å². The van der Waals surface area contributed by atoms with E-state index in [0.29, 0.717) is 5.69 Å². The number of nitrogens with one attached hydrogen (secondary N) is 2. The van der Waals surface area contributed by atoms with E-state index in [1.165, 1.54) is 19.3 Å². The van der Waals surface area contributed by atoms with Crippen molar-refractivity contribution in [3.05, 3.63) is 28.7 Å². The summed E-state index contributed by atoms with van der Waals surface area (Å²) < 4.78 is 0.938. The van der Waals surface area contributed by atoms with Gasteiger partial charge in [0.25, 0.3) is 0 Å². The van der Waals surface area contributed by atoms with Crippen LogP contribution in [0.5, 0.6) is 0 Å². The molecule has 1 aromatic carbocycles. The number of benzene rings is 1. The summed E-state index contributed by atoms with van der Waals surface area (Å²) in [6.45, 7) is 0. The van der Waals surface area contributed by atoms with E-state index in [0.717, 1.165) is 41.5 Å². The van der Waals surface area contributed by atoms with Gasteiger partial charge in [0.2, 0.25) is 0 Å². The highest BCUT2D eigenvalue weighted by molar-refractivity contribution is 9.10. The Kier molecular flexibility index (Phi) is 3.71. The molecule has 4 fully saturated rings. The molecule has 0 heterocycles. The van der Waals surface area contributed by atoms with E-state index < -0.39 is 11.8 Å². The van der Waals surface area contributed by atoms with Crippen LogP contribution in [0.25, 0.3) is 0 Å². The van der Waals surface area contributed by atoms with Gasteiger partial charge >= 0.3 is 11.8 Å². The van der Waals surface area contributed by atoms with Crippen LogP contribution in [-0.2, 0) is 9.59 Å². The van der Waals surface area contributed by atoms with Crippen molar-refractivity contribution in [2.75, 3.05) is 5.32 Å². The summed E-state index contributed by atoms with van der Waals surface area (Å²) in [6.07, 6.45) is 7.11. The predicted octanol–water partition coefficient (Wildman–Crippen LogP) is 3.47. The zero-order valence-electron chi connectivity index (χ0n) is 13.0. The van der Waals surface area contributed by atoms with Crippen LogP contribution in [0.3, 0.4) is 0 Å². The minimum Gasteiger partial charge on any atom is -0.342 e. The van der Waals surface area contributed by atoms with Crippen molar-refractivity contribution in [2.24, 2.45) is 17.8 Å². The van der Waals surface area contributed by atoms with Gasteiger partial charge in [-0.25, -0.2) is 0 Å². The summed E-state index contributed by atoms with van der Waals surface area (Å²) in [6, 6.07) is 7.24. The molecular weight excluding hydrogens is 356 g/mol. The number of carbonyl (C=O) groups is 2. The van der Waals surface area contributed by atoms with Crippen LogP contribution in [0.15, 0.2) is 28.7 Å². The molecule has 4 aliphatic rings. The maximum absolute atomic E-state index is 12.4. The van der Waals surface area contributed by atoms with Gasteiger partial charge in [0, 0.05) is 15.7 Å². The van der Waals surface area contributed by atoms with E-state index >= 15 is 0 Å². The monoisotopic (exact) mass is 376 g/mol. The number of hydrogen-bond donors (Lipinski definition) is 2. The van der Waals surface area contributed by atoms with Gasteiger partial charge in [0.1, 0.15) is 0 Å². The van der Waals surface area contributed by atoms with Crippen molar-refractivity contribution in [3.8, 4) is 0 Å². The molecule has 1 aromatic rings. The molecule has 23 heavy (non-hydrogen) atoms. The zero-order valence-corrected chi connectivity index (χ0v) is 14.6. The third kappa shape index (κ3) is 3.03. The number of rotatable bonds is 2. The molecule has 2 amide bonds. The third-order valence-corrected chi connectivity index (χ3v) is 6.25. The quantitative estimate of drug-likeness (QED) is 0.776. The second-order valence-corrected chi connectivity index (χ2v) is 8.53. The summed E-state index contributed by atoms with van der Waals surface area (Å²) in [4.78, 5) is 24.6. The molecule has 4 saturated carbocycles. The van der Waals surface area contributed by atoms with E-state index in [4.69, 9.17) is 0 Å². The van der Waals surface area contributed by atoms with Crippen molar-refractivity contribution in [1.82, 2.24) is 5.32 Å².